The van der Waals surface area contributed by atoms with Crippen LogP contribution in [0.25, 0.3) is 0 Å². The quantitative estimate of drug-likeness (QED) is 0.862. The zero-order valence-corrected chi connectivity index (χ0v) is 13.8. The molecule has 1 saturated heterocycles. The second-order valence-corrected chi connectivity index (χ2v) is 7.13. The molecule has 3 aliphatic rings. The van der Waals surface area contributed by atoms with Gasteiger partial charge in [-0.3, -0.25) is 4.90 Å². The first-order valence-electron chi connectivity index (χ1n) is 8.90. The SMILES string of the molecule is O=C(NC(c1ccc(F)cc1)C1CC1)N1CCC(N2CC=CC2)C1. The minimum Gasteiger partial charge on any atom is -0.331 e. The Bertz CT molecular complexity index is 618. The van der Waals surface area contributed by atoms with E-state index in [1.165, 1.54) is 12.1 Å². The van der Waals surface area contributed by atoms with Gasteiger partial charge < -0.3 is 10.2 Å². The van der Waals surface area contributed by atoms with Gasteiger partial charge in [0.25, 0.3) is 0 Å². The van der Waals surface area contributed by atoms with Gasteiger partial charge in [0.05, 0.1) is 6.04 Å². The fraction of sp³-hybridized carbons (Fsp3) is 0.526. The molecule has 24 heavy (non-hydrogen) atoms. The number of halogens is 1. The molecule has 0 aromatic heterocycles. The van der Waals surface area contributed by atoms with Crippen LogP contribution in [-0.2, 0) is 0 Å². The molecule has 1 saturated carbocycles. The molecule has 2 amide bonds. The van der Waals surface area contributed by atoms with Crippen LogP contribution in [0.5, 0.6) is 0 Å². The van der Waals surface area contributed by atoms with E-state index in [-0.39, 0.29) is 17.9 Å². The number of urea groups is 1. The van der Waals surface area contributed by atoms with Crippen LogP contribution in [0.1, 0.15) is 30.9 Å². The molecule has 0 spiro atoms. The van der Waals surface area contributed by atoms with E-state index in [1.807, 2.05) is 4.90 Å². The molecule has 1 aromatic rings. The first-order valence-corrected chi connectivity index (χ1v) is 8.90. The van der Waals surface area contributed by atoms with Gasteiger partial charge >= 0.3 is 6.03 Å². The van der Waals surface area contributed by atoms with Gasteiger partial charge in [-0.15, -0.1) is 0 Å². The molecule has 1 N–H and O–H groups in total. The molecule has 1 aromatic carbocycles. The van der Waals surface area contributed by atoms with Gasteiger partial charge in [0.2, 0.25) is 0 Å². The van der Waals surface area contributed by atoms with E-state index in [2.05, 4.69) is 22.4 Å². The number of carbonyl (C=O) groups is 1. The normalized spacial score (nSPS) is 25.2. The van der Waals surface area contributed by atoms with Crippen molar-refractivity contribution < 1.29 is 9.18 Å². The summed E-state index contributed by atoms with van der Waals surface area (Å²) in [7, 11) is 0. The van der Waals surface area contributed by atoms with Gasteiger partial charge in [0.15, 0.2) is 0 Å². The number of amides is 2. The molecule has 1 aliphatic carbocycles. The molecule has 0 bridgehead atoms. The number of carbonyl (C=O) groups excluding carboxylic acids is 1. The Balaban J connectivity index is 1.38. The van der Waals surface area contributed by atoms with Crippen LogP contribution in [-0.4, -0.2) is 48.1 Å². The van der Waals surface area contributed by atoms with Crippen LogP contribution < -0.4 is 5.32 Å². The van der Waals surface area contributed by atoms with Gasteiger partial charge in [-0.05, 0) is 42.9 Å². The summed E-state index contributed by atoms with van der Waals surface area (Å²) in [6.07, 6.45) is 7.69. The van der Waals surface area contributed by atoms with E-state index in [0.717, 1.165) is 51.0 Å². The molecule has 128 valence electrons. The molecule has 4 rings (SSSR count). The van der Waals surface area contributed by atoms with Crippen molar-refractivity contribution >= 4 is 6.03 Å². The number of likely N-dealkylation sites (tertiary alicyclic amines) is 1. The van der Waals surface area contributed by atoms with Crippen LogP contribution in [0.2, 0.25) is 0 Å². The largest absolute Gasteiger partial charge is 0.331 e. The van der Waals surface area contributed by atoms with Crippen molar-refractivity contribution in [1.29, 1.82) is 0 Å². The van der Waals surface area contributed by atoms with Crippen molar-refractivity contribution in [2.45, 2.75) is 31.3 Å². The number of nitrogens with zero attached hydrogens (tertiary/aromatic N) is 2. The van der Waals surface area contributed by atoms with Crippen LogP contribution in [0, 0.1) is 11.7 Å². The van der Waals surface area contributed by atoms with Gasteiger partial charge in [-0.1, -0.05) is 24.3 Å². The first-order chi connectivity index (χ1) is 11.7. The number of benzene rings is 1. The third-order valence-corrected chi connectivity index (χ3v) is 5.42. The Morgan fingerprint density at radius 2 is 1.83 bits per heavy atom. The average Bonchev–Trinajstić information content (AvgIpc) is 3.08. The van der Waals surface area contributed by atoms with E-state index in [0.29, 0.717) is 12.0 Å². The summed E-state index contributed by atoms with van der Waals surface area (Å²) in [4.78, 5) is 17.0. The Morgan fingerprint density at radius 3 is 2.50 bits per heavy atom. The van der Waals surface area contributed by atoms with Crippen molar-refractivity contribution in [2.24, 2.45) is 5.92 Å². The minimum absolute atomic E-state index is 0.00519. The maximum atomic E-state index is 13.2. The highest BCUT2D eigenvalue weighted by Crippen LogP contribution is 2.41. The highest BCUT2D eigenvalue weighted by molar-refractivity contribution is 5.75. The lowest BCUT2D eigenvalue weighted by Gasteiger charge is -2.26. The van der Waals surface area contributed by atoms with Crippen LogP contribution >= 0.6 is 0 Å². The molecule has 2 unspecified atom stereocenters. The van der Waals surface area contributed by atoms with E-state index < -0.39 is 0 Å². The standard InChI is InChI=1S/C19H24FN3O/c20-16-7-5-15(6-8-16)18(14-3-4-14)21-19(24)23-12-9-17(13-23)22-10-1-2-11-22/h1-2,5-8,14,17-18H,3-4,9-13H2,(H,21,24). The van der Waals surface area contributed by atoms with E-state index >= 15 is 0 Å². The van der Waals surface area contributed by atoms with Crippen LogP contribution in [0.3, 0.4) is 0 Å². The number of nitrogens with one attached hydrogen (secondary N) is 1. The van der Waals surface area contributed by atoms with E-state index in [4.69, 9.17) is 0 Å². The monoisotopic (exact) mass is 329 g/mol. The second kappa shape index (κ2) is 6.55. The van der Waals surface area contributed by atoms with Crippen molar-refractivity contribution in [1.82, 2.24) is 15.1 Å². The molecule has 2 aliphatic heterocycles. The predicted molar refractivity (Wildman–Crippen MR) is 91.1 cm³/mol. The lowest BCUT2D eigenvalue weighted by molar-refractivity contribution is 0.195. The smallest absolute Gasteiger partial charge is 0.317 e. The maximum absolute atomic E-state index is 13.2. The van der Waals surface area contributed by atoms with Gasteiger partial charge in [-0.25, -0.2) is 9.18 Å². The molecule has 2 fully saturated rings. The molecule has 0 radical (unpaired) electrons. The number of hydrogen-bond donors (Lipinski definition) is 1. The summed E-state index contributed by atoms with van der Waals surface area (Å²) >= 11 is 0. The minimum atomic E-state index is -0.235. The summed E-state index contributed by atoms with van der Waals surface area (Å²) in [6, 6.07) is 7.03. The number of hydrogen-bond acceptors (Lipinski definition) is 2. The zero-order valence-electron chi connectivity index (χ0n) is 13.8. The molecule has 2 heterocycles. The Labute approximate surface area is 142 Å². The Hall–Kier alpha value is -1.88. The highest BCUT2D eigenvalue weighted by Gasteiger charge is 2.36. The lowest BCUT2D eigenvalue weighted by Crippen LogP contribution is -2.43. The van der Waals surface area contributed by atoms with Crippen molar-refractivity contribution in [3.8, 4) is 0 Å². The number of rotatable bonds is 4. The third-order valence-electron chi connectivity index (χ3n) is 5.42. The fourth-order valence-electron chi connectivity index (χ4n) is 3.81. The van der Waals surface area contributed by atoms with Gasteiger partial charge in [-0.2, -0.15) is 0 Å². The summed E-state index contributed by atoms with van der Waals surface area (Å²) in [5.74, 6) is 0.252. The first kappa shape index (κ1) is 15.6. The Morgan fingerprint density at radius 1 is 1.12 bits per heavy atom. The Kier molecular flexibility index (Phi) is 4.27. The van der Waals surface area contributed by atoms with Crippen LogP contribution in [0.4, 0.5) is 9.18 Å². The van der Waals surface area contributed by atoms with Crippen LogP contribution in [0.15, 0.2) is 36.4 Å². The fourth-order valence-corrected chi connectivity index (χ4v) is 3.81. The topological polar surface area (TPSA) is 35.6 Å². The molecular formula is C19H24FN3O. The summed E-state index contributed by atoms with van der Waals surface area (Å²) in [5, 5.41) is 3.20. The summed E-state index contributed by atoms with van der Waals surface area (Å²) in [6.45, 7) is 3.61. The maximum Gasteiger partial charge on any atom is 0.317 e. The van der Waals surface area contributed by atoms with Gasteiger partial charge in [0, 0.05) is 32.2 Å². The lowest BCUT2D eigenvalue weighted by atomic mass is 10.0. The third kappa shape index (κ3) is 3.31. The van der Waals surface area contributed by atoms with Crippen molar-refractivity contribution in [3.63, 3.8) is 0 Å². The summed E-state index contributed by atoms with van der Waals surface area (Å²) < 4.78 is 13.2. The summed E-state index contributed by atoms with van der Waals surface area (Å²) in [5.41, 5.74) is 1.01. The van der Waals surface area contributed by atoms with E-state index in [1.54, 1.807) is 12.1 Å². The zero-order chi connectivity index (χ0) is 16.5. The predicted octanol–water partition coefficient (Wildman–Crippen LogP) is 2.93. The average molecular weight is 329 g/mol. The molecular weight excluding hydrogens is 305 g/mol. The molecule has 4 nitrogen and oxygen atoms in total. The van der Waals surface area contributed by atoms with Crippen molar-refractivity contribution in [2.75, 3.05) is 26.2 Å². The second-order valence-electron chi connectivity index (χ2n) is 7.13. The molecule has 5 heteroatoms. The van der Waals surface area contributed by atoms with Gasteiger partial charge in [0.1, 0.15) is 5.82 Å². The van der Waals surface area contributed by atoms with Crippen molar-refractivity contribution in [3.05, 3.63) is 47.8 Å². The van der Waals surface area contributed by atoms with E-state index in [9.17, 15) is 9.18 Å². The highest BCUT2D eigenvalue weighted by atomic mass is 19.1. The molecule has 2 atom stereocenters.